The number of nitrogens with two attached hydrogens (primary N) is 1. The van der Waals surface area contributed by atoms with E-state index >= 15 is 0 Å². The van der Waals surface area contributed by atoms with Crippen LogP contribution in [0, 0.1) is 0 Å². The lowest BCUT2D eigenvalue weighted by atomic mass is 10.3. The first-order valence-electron chi connectivity index (χ1n) is 5.10. The van der Waals surface area contributed by atoms with Crippen molar-refractivity contribution >= 4 is 29.0 Å². The Labute approximate surface area is 121 Å². The van der Waals surface area contributed by atoms with Crippen LogP contribution in [0.15, 0.2) is 24.3 Å². The Kier molecular flexibility index (Phi) is 3.92. The molecule has 0 spiro atoms. The topological polar surface area (TPSA) is 61.0 Å². The number of hydrogen-bond donors (Lipinski definition) is 1. The first kappa shape index (κ1) is 14.7. The van der Waals surface area contributed by atoms with Gasteiger partial charge in [-0.25, -0.2) is 4.98 Å². The van der Waals surface area contributed by atoms with Gasteiger partial charge in [0, 0.05) is 16.1 Å². The van der Waals surface area contributed by atoms with Crippen LogP contribution < -0.4 is 10.5 Å². The quantitative estimate of drug-likeness (QED) is 0.900. The summed E-state index contributed by atoms with van der Waals surface area (Å²) >= 11 is 11.5. The number of ether oxygens (including phenoxy) is 1. The summed E-state index contributed by atoms with van der Waals surface area (Å²) in [5, 5.41) is 0.538. The maximum atomic E-state index is 12.5. The molecule has 0 saturated heterocycles. The van der Waals surface area contributed by atoms with Crippen LogP contribution in [-0.2, 0) is 6.18 Å². The molecule has 0 bridgehead atoms. The summed E-state index contributed by atoms with van der Waals surface area (Å²) < 4.78 is 42.8. The van der Waals surface area contributed by atoms with Crippen LogP contribution >= 0.6 is 23.2 Å². The molecule has 0 aliphatic rings. The fourth-order valence-corrected chi connectivity index (χ4v) is 1.84. The molecule has 9 heteroatoms. The van der Waals surface area contributed by atoms with Gasteiger partial charge < -0.3 is 10.5 Å². The normalized spacial score (nSPS) is 11.4. The third kappa shape index (κ3) is 3.64. The van der Waals surface area contributed by atoms with Crippen LogP contribution in [0.2, 0.25) is 10.0 Å². The molecular formula is C11H6Cl2F3N3O. The van der Waals surface area contributed by atoms with Gasteiger partial charge >= 0.3 is 6.18 Å². The summed E-state index contributed by atoms with van der Waals surface area (Å²) in [6, 6.07) is 5.26. The highest BCUT2D eigenvalue weighted by atomic mass is 35.5. The molecule has 20 heavy (non-hydrogen) atoms. The minimum atomic E-state index is -4.72. The molecular weight excluding hydrogens is 318 g/mol. The van der Waals surface area contributed by atoms with Crippen molar-refractivity contribution in [1.29, 1.82) is 0 Å². The number of aromatic nitrogens is 2. The third-order valence-corrected chi connectivity index (χ3v) is 2.47. The van der Waals surface area contributed by atoms with Gasteiger partial charge in [-0.2, -0.15) is 18.2 Å². The summed E-state index contributed by atoms with van der Waals surface area (Å²) in [4.78, 5) is 6.33. The van der Waals surface area contributed by atoms with E-state index in [1.807, 2.05) is 0 Å². The summed E-state index contributed by atoms with van der Waals surface area (Å²) in [7, 11) is 0. The van der Waals surface area contributed by atoms with Gasteiger partial charge in [0.05, 0.1) is 0 Å². The molecule has 106 valence electrons. The Balaban J connectivity index is 2.36. The number of alkyl halides is 3. The number of nitrogens with zero attached hydrogens (tertiary/aromatic N) is 2. The van der Waals surface area contributed by atoms with E-state index in [0.29, 0.717) is 0 Å². The summed E-state index contributed by atoms with van der Waals surface area (Å²) in [5.74, 6) is -1.98. The number of anilines is 1. The molecule has 0 unspecified atom stereocenters. The fraction of sp³-hybridized carbons (Fsp3) is 0.0909. The van der Waals surface area contributed by atoms with E-state index in [1.54, 1.807) is 0 Å². The van der Waals surface area contributed by atoms with Crippen molar-refractivity contribution in [2.24, 2.45) is 0 Å². The van der Waals surface area contributed by atoms with E-state index in [1.165, 1.54) is 18.2 Å². The lowest BCUT2D eigenvalue weighted by molar-refractivity contribution is -0.145. The van der Waals surface area contributed by atoms with Crippen molar-refractivity contribution in [2.45, 2.75) is 6.18 Å². The molecule has 1 aromatic heterocycles. The van der Waals surface area contributed by atoms with Crippen molar-refractivity contribution in [3.8, 4) is 11.6 Å². The zero-order valence-electron chi connectivity index (χ0n) is 9.58. The molecule has 0 saturated carbocycles. The molecule has 2 aromatic rings. The summed E-state index contributed by atoms with van der Waals surface area (Å²) in [6.07, 6.45) is -4.72. The summed E-state index contributed by atoms with van der Waals surface area (Å²) in [5.41, 5.74) is 5.29. The molecule has 0 aliphatic carbocycles. The van der Waals surface area contributed by atoms with E-state index in [2.05, 4.69) is 9.97 Å². The molecule has 0 atom stereocenters. The first-order chi connectivity index (χ1) is 9.24. The standard InChI is InChI=1S/C11H6Cl2F3N3O/c12-5-1-6(13)3-7(2-5)20-9-4-8(17)18-10(19-9)11(14,15)16/h1-4H,(H2,17,18,19). The monoisotopic (exact) mass is 323 g/mol. The van der Waals surface area contributed by atoms with E-state index in [4.69, 9.17) is 33.7 Å². The van der Waals surface area contributed by atoms with Gasteiger partial charge in [0.2, 0.25) is 11.7 Å². The molecule has 2 N–H and O–H groups in total. The molecule has 0 radical (unpaired) electrons. The molecule has 0 fully saturated rings. The smallest absolute Gasteiger partial charge is 0.439 e. The van der Waals surface area contributed by atoms with Gasteiger partial charge in [-0.05, 0) is 18.2 Å². The van der Waals surface area contributed by atoms with Crippen molar-refractivity contribution in [1.82, 2.24) is 9.97 Å². The van der Waals surface area contributed by atoms with Crippen LogP contribution in [0.5, 0.6) is 11.6 Å². The predicted molar refractivity (Wildman–Crippen MR) is 68.0 cm³/mol. The second-order valence-corrected chi connectivity index (χ2v) is 4.53. The van der Waals surface area contributed by atoms with Crippen molar-refractivity contribution in [2.75, 3.05) is 5.73 Å². The van der Waals surface area contributed by atoms with Gasteiger partial charge in [-0.1, -0.05) is 23.2 Å². The number of halogens is 5. The third-order valence-electron chi connectivity index (χ3n) is 2.03. The zero-order chi connectivity index (χ0) is 14.9. The van der Waals surface area contributed by atoms with Gasteiger partial charge in [0.15, 0.2) is 0 Å². The second kappa shape index (κ2) is 5.34. The number of hydrogen-bond acceptors (Lipinski definition) is 4. The Morgan fingerprint density at radius 3 is 2.15 bits per heavy atom. The Bertz CT molecular complexity index is 629. The van der Waals surface area contributed by atoms with E-state index in [-0.39, 0.29) is 27.5 Å². The maximum Gasteiger partial charge on any atom is 0.451 e. The van der Waals surface area contributed by atoms with Crippen LogP contribution in [0.4, 0.5) is 19.0 Å². The lowest BCUT2D eigenvalue weighted by Crippen LogP contribution is -2.12. The van der Waals surface area contributed by atoms with Gasteiger partial charge in [-0.15, -0.1) is 0 Å². The minimum Gasteiger partial charge on any atom is -0.439 e. The predicted octanol–water partition coefficient (Wildman–Crippen LogP) is 4.18. The highest BCUT2D eigenvalue weighted by Gasteiger charge is 2.35. The molecule has 0 aliphatic heterocycles. The number of benzene rings is 1. The molecule has 1 aromatic carbocycles. The molecule has 1 heterocycles. The van der Waals surface area contributed by atoms with Crippen molar-refractivity contribution in [3.63, 3.8) is 0 Å². The minimum absolute atomic E-state index is 0.133. The first-order valence-corrected chi connectivity index (χ1v) is 5.85. The second-order valence-electron chi connectivity index (χ2n) is 3.66. The van der Waals surface area contributed by atoms with Gasteiger partial charge in [-0.3, -0.25) is 0 Å². The average Bonchev–Trinajstić information content (AvgIpc) is 2.25. The van der Waals surface area contributed by atoms with Crippen LogP contribution in [0.3, 0.4) is 0 Å². The Morgan fingerprint density at radius 1 is 1.00 bits per heavy atom. The summed E-state index contributed by atoms with van der Waals surface area (Å²) in [6.45, 7) is 0. The molecule has 4 nitrogen and oxygen atoms in total. The van der Waals surface area contributed by atoms with Crippen molar-refractivity contribution in [3.05, 3.63) is 40.1 Å². The van der Waals surface area contributed by atoms with E-state index in [0.717, 1.165) is 6.07 Å². The van der Waals surface area contributed by atoms with E-state index < -0.39 is 12.0 Å². The van der Waals surface area contributed by atoms with Gasteiger partial charge in [0.25, 0.3) is 0 Å². The van der Waals surface area contributed by atoms with Crippen LogP contribution in [0.1, 0.15) is 5.82 Å². The Hall–Kier alpha value is -1.73. The average molecular weight is 324 g/mol. The highest BCUT2D eigenvalue weighted by molar-refractivity contribution is 6.34. The SMILES string of the molecule is Nc1cc(Oc2cc(Cl)cc(Cl)c2)nc(C(F)(F)F)n1. The Morgan fingerprint density at radius 2 is 1.60 bits per heavy atom. The van der Waals surface area contributed by atoms with Gasteiger partial charge in [0.1, 0.15) is 11.6 Å². The number of nitrogen functional groups attached to an aromatic ring is 1. The molecule has 2 rings (SSSR count). The van der Waals surface area contributed by atoms with Crippen LogP contribution in [0.25, 0.3) is 0 Å². The largest absolute Gasteiger partial charge is 0.451 e. The van der Waals surface area contributed by atoms with Crippen molar-refractivity contribution < 1.29 is 17.9 Å². The lowest BCUT2D eigenvalue weighted by Gasteiger charge is -2.09. The van der Waals surface area contributed by atoms with E-state index in [9.17, 15) is 13.2 Å². The van der Waals surface area contributed by atoms with Crippen LogP contribution in [-0.4, -0.2) is 9.97 Å². The fourth-order valence-electron chi connectivity index (χ4n) is 1.33. The molecule has 0 amide bonds. The number of rotatable bonds is 2. The maximum absolute atomic E-state index is 12.5. The highest BCUT2D eigenvalue weighted by Crippen LogP contribution is 2.31. The zero-order valence-corrected chi connectivity index (χ0v) is 11.1.